The molecule has 1 aromatic carbocycles. The smallest absolute Gasteiger partial charge is 0.253 e. The molecule has 2 fully saturated rings. The maximum absolute atomic E-state index is 13.0. The van der Waals surface area contributed by atoms with Gasteiger partial charge in [0.2, 0.25) is 5.91 Å². The molecule has 2 aliphatic rings. The second-order valence-electron chi connectivity index (χ2n) is 8.59. The van der Waals surface area contributed by atoms with Gasteiger partial charge in [0.25, 0.3) is 5.91 Å². The average Bonchev–Trinajstić information content (AvgIpc) is 3.19. The Morgan fingerprint density at radius 2 is 1.75 bits per heavy atom. The third kappa shape index (κ3) is 5.34. The molecule has 2 aliphatic heterocycles. The number of likely N-dealkylation sites (tertiary alicyclic amines) is 2. The van der Waals surface area contributed by atoms with E-state index in [2.05, 4.69) is 23.2 Å². The van der Waals surface area contributed by atoms with Gasteiger partial charge in [-0.1, -0.05) is 24.1 Å². The Morgan fingerprint density at radius 3 is 2.39 bits per heavy atom. The number of nitrogens with zero attached hydrogens (tertiary/aromatic N) is 2. The van der Waals surface area contributed by atoms with E-state index in [4.69, 9.17) is 0 Å². The van der Waals surface area contributed by atoms with Gasteiger partial charge in [-0.15, -0.1) is 0 Å². The van der Waals surface area contributed by atoms with Crippen molar-refractivity contribution in [2.45, 2.75) is 58.9 Å². The summed E-state index contributed by atoms with van der Waals surface area (Å²) in [6.45, 7) is 10.7. The Balaban J connectivity index is 1.58. The van der Waals surface area contributed by atoms with Crippen LogP contribution in [0.4, 0.5) is 0 Å². The van der Waals surface area contributed by atoms with E-state index in [1.54, 1.807) is 0 Å². The lowest BCUT2D eigenvalue weighted by Crippen LogP contribution is -2.49. The third-order valence-corrected chi connectivity index (χ3v) is 6.06. The highest BCUT2D eigenvalue weighted by atomic mass is 16.2. The zero-order chi connectivity index (χ0) is 20.1. The number of hydrogen-bond acceptors (Lipinski definition) is 3. The summed E-state index contributed by atoms with van der Waals surface area (Å²) in [5, 5.41) is 3.26. The molecule has 5 nitrogen and oxygen atoms in total. The summed E-state index contributed by atoms with van der Waals surface area (Å²) in [4.78, 5) is 30.2. The Hall–Kier alpha value is -1.88. The highest BCUT2D eigenvalue weighted by molar-refractivity contribution is 5.95. The van der Waals surface area contributed by atoms with Crippen LogP contribution in [-0.4, -0.2) is 60.4 Å². The van der Waals surface area contributed by atoms with Crippen LogP contribution in [0.15, 0.2) is 18.2 Å². The monoisotopic (exact) mass is 385 g/mol. The largest absolute Gasteiger partial charge is 0.352 e. The number of benzene rings is 1. The molecule has 2 heterocycles. The lowest BCUT2D eigenvalue weighted by Gasteiger charge is -2.33. The molecule has 0 saturated carbocycles. The highest BCUT2D eigenvalue weighted by Crippen LogP contribution is 2.20. The quantitative estimate of drug-likeness (QED) is 0.818. The van der Waals surface area contributed by atoms with Crippen LogP contribution in [0.3, 0.4) is 0 Å². The first-order valence-corrected chi connectivity index (χ1v) is 10.9. The fourth-order valence-corrected chi connectivity index (χ4v) is 4.53. The minimum absolute atomic E-state index is 0.0495. The first-order chi connectivity index (χ1) is 13.5. The zero-order valence-electron chi connectivity index (χ0n) is 17.7. The van der Waals surface area contributed by atoms with Crippen molar-refractivity contribution in [2.75, 3.05) is 32.7 Å². The van der Waals surface area contributed by atoms with E-state index in [0.29, 0.717) is 6.54 Å². The van der Waals surface area contributed by atoms with Gasteiger partial charge in [-0.25, -0.2) is 0 Å². The van der Waals surface area contributed by atoms with Crippen LogP contribution < -0.4 is 5.32 Å². The number of carbonyl (C=O) groups excluding carboxylic acids is 2. The summed E-state index contributed by atoms with van der Waals surface area (Å²) in [7, 11) is 0. The second kappa shape index (κ2) is 9.55. The fraction of sp³-hybridized carbons (Fsp3) is 0.652. The van der Waals surface area contributed by atoms with Gasteiger partial charge in [0.15, 0.2) is 0 Å². The van der Waals surface area contributed by atoms with Gasteiger partial charge in [-0.2, -0.15) is 0 Å². The van der Waals surface area contributed by atoms with E-state index in [0.717, 1.165) is 62.1 Å². The minimum Gasteiger partial charge on any atom is -0.352 e. The summed E-state index contributed by atoms with van der Waals surface area (Å²) in [5.41, 5.74) is 2.93. The van der Waals surface area contributed by atoms with Gasteiger partial charge in [0.05, 0.1) is 5.92 Å². The molecular formula is C23H35N3O2. The molecule has 3 rings (SSSR count). The van der Waals surface area contributed by atoms with E-state index in [1.807, 2.05) is 30.9 Å². The fourth-order valence-electron chi connectivity index (χ4n) is 4.53. The zero-order valence-corrected chi connectivity index (χ0v) is 17.7. The Kier molecular flexibility index (Phi) is 7.11. The molecule has 0 aliphatic carbocycles. The number of nitrogens with one attached hydrogen (secondary N) is 1. The molecule has 1 N–H and O–H groups in total. The van der Waals surface area contributed by atoms with Crippen molar-refractivity contribution in [1.82, 2.24) is 15.1 Å². The molecule has 2 unspecified atom stereocenters. The number of rotatable bonds is 6. The number of carbonyl (C=O) groups is 2. The second-order valence-corrected chi connectivity index (χ2v) is 8.59. The van der Waals surface area contributed by atoms with Gasteiger partial charge in [-0.3, -0.25) is 9.59 Å². The molecule has 28 heavy (non-hydrogen) atoms. The van der Waals surface area contributed by atoms with Crippen molar-refractivity contribution < 1.29 is 9.59 Å². The maximum Gasteiger partial charge on any atom is 0.253 e. The lowest BCUT2D eigenvalue weighted by atomic mass is 9.95. The standard InChI is InChI=1S/C23H35N3O2/c1-4-21(16-25-9-5-6-10-25)24-22(27)19-8-7-11-26(15-19)23(28)20-13-17(2)12-18(3)14-20/h12-14,19,21H,4-11,15-16H2,1-3H3,(H,24,27). The van der Waals surface area contributed by atoms with E-state index in [9.17, 15) is 9.59 Å². The number of aryl methyl sites for hydroxylation is 2. The van der Waals surface area contributed by atoms with Crippen LogP contribution in [0.5, 0.6) is 0 Å². The maximum atomic E-state index is 13.0. The first kappa shape index (κ1) is 20.8. The summed E-state index contributed by atoms with van der Waals surface area (Å²) >= 11 is 0. The van der Waals surface area contributed by atoms with Gasteiger partial charge in [0.1, 0.15) is 0 Å². The van der Waals surface area contributed by atoms with Crippen LogP contribution >= 0.6 is 0 Å². The molecule has 2 amide bonds. The average molecular weight is 386 g/mol. The van der Waals surface area contributed by atoms with Crippen LogP contribution in [0.2, 0.25) is 0 Å². The number of piperidine rings is 1. The number of hydrogen-bond donors (Lipinski definition) is 1. The predicted octanol–water partition coefficient (Wildman–Crippen LogP) is 3.15. The van der Waals surface area contributed by atoms with Crippen molar-refractivity contribution in [1.29, 1.82) is 0 Å². The third-order valence-electron chi connectivity index (χ3n) is 6.06. The molecular weight excluding hydrogens is 350 g/mol. The molecule has 154 valence electrons. The van der Waals surface area contributed by atoms with Crippen LogP contribution in [0.25, 0.3) is 0 Å². The molecule has 2 saturated heterocycles. The molecule has 5 heteroatoms. The Labute approximate surface area is 169 Å². The van der Waals surface area contributed by atoms with Gasteiger partial charge >= 0.3 is 0 Å². The molecule has 0 spiro atoms. The predicted molar refractivity (Wildman–Crippen MR) is 112 cm³/mol. The van der Waals surface area contributed by atoms with Crippen molar-refractivity contribution in [3.8, 4) is 0 Å². The highest BCUT2D eigenvalue weighted by Gasteiger charge is 2.30. The molecule has 0 radical (unpaired) electrons. The Morgan fingerprint density at radius 1 is 1.07 bits per heavy atom. The van der Waals surface area contributed by atoms with Crippen molar-refractivity contribution in [2.24, 2.45) is 5.92 Å². The molecule has 1 aromatic rings. The topological polar surface area (TPSA) is 52.7 Å². The van der Waals surface area contributed by atoms with E-state index >= 15 is 0 Å². The van der Waals surface area contributed by atoms with Gasteiger partial charge in [0, 0.05) is 31.2 Å². The normalized spacial score (nSPS) is 21.5. The summed E-state index contributed by atoms with van der Waals surface area (Å²) in [6, 6.07) is 6.18. The summed E-state index contributed by atoms with van der Waals surface area (Å²) in [6.07, 6.45) is 5.23. The van der Waals surface area contributed by atoms with Crippen LogP contribution in [0, 0.1) is 19.8 Å². The number of amides is 2. The Bertz CT molecular complexity index is 677. The molecule has 2 atom stereocenters. The van der Waals surface area contributed by atoms with Crippen LogP contribution in [0.1, 0.15) is 60.5 Å². The van der Waals surface area contributed by atoms with Crippen molar-refractivity contribution in [3.05, 3.63) is 34.9 Å². The van der Waals surface area contributed by atoms with Gasteiger partial charge in [-0.05, 0) is 71.2 Å². The van der Waals surface area contributed by atoms with Crippen LogP contribution in [-0.2, 0) is 4.79 Å². The first-order valence-electron chi connectivity index (χ1n) is 10.9. The van der Waals surface area contributed by atoms with E-state index in [1.165, 1.54) is 12.8 Å². The summed E-state index contributed by atoms with van der Waals surface area (Å²) < 4.78 is 0. The molecule has 0 aromatic heterocycles. The lowest BCUT2D eigenvalue weighted by molar-refractivity contribution is -0.127. The molecule has 0 bridgehead atoms. The van der Waals surface area contributed by atoms with Gasteiger partial charge < -0.3 is 15.1 Å². The van der Waals surface area contributed by atoms with Crippen molar-refractivity contribution >= 4 is 11.8 Å². The van der Waals surface area contributed by atoms with Crippen molar-refractivity contribution in [3.63, 3.8) is 0 Å². The van der Waals surface area contributed by atoms with E-state index < -0.39 is 0 Å². The summed E-state index contributed by atoms with van der Waals surface area (Å²) in [5.74, 6) is 0.0635. The van der Waals surface area contributed by atoms with E-state index in [-0.39, 0.29) is 23.8 Å². The SMILES string of the molecule is CCC(CN1CCCC1)NC(=O)C1CCCN(C(=O)c2cc(C)cc(C)c2)C1. The minimum atomic E-state index is -0.101.